The van der Waals surface area contributed by atoms with E-state index in [0.717, 1.165) is 0 Å². The molecule has 0 radical (unpaired) electrons. The third-order valence-corrected chi connectivity index (χ3v) is 17.0. The summed E-state index contributed by atoms with van der Waals surface area (Å²) in [5, 5.41) is 1.40. The van der Waals surface area contributed by atoms with Crippen molar-refractivity contribution in [3.63, 3.8) is 0 Å². The minimum atomic E-state index is -0.216. The average Bonchev–Trinajstić information content (AvgIpc) is 3.79. The van der Waals surface area contributed by atoms with E-state index < -0.39 is 0 Å². The van der Waals surface area contributed by atoms with Crippen LogP contribution >= 0.6 is 0 Å². The van der Waals surface area contributed by atoms with Crippen molar-refractivity contribution in [3.8, 4) is 16.8 Å². The highest BCUT2D eigenvalue weighted by atomic mass is 15.3. The first-order chi connectivity index (χ1) is 29.9. The smallest absolute Gasteiger partial charge is 0.252 e. The zero-order valence-corrected chi connectivity index (χ0v) is 39.6. The van der Waals surface area contributed by atoms with E-state index >= 15 is 0 Å². The fourth-order valence-electron chi connectivity index (χ4n) is 13.4. The first-order valence-corrected chi connectivity index (χ1v) is 23.8. The van der Waals surface area contributed by atoms with Crippen molar-refractivity contribution in [2.75, 3.05) is 9.80 Å². The van der Waals surface area contributed by atoms with Gasteiger partial charge in [0.05, 0.1) is 11.2 Å². The number of fused-ring (bicyclic) bond motifs is 12. The summed E-state index contributed by atoms with van der Waals surface area (Å²) >= 11 is 0. The molecule has 1 aromatic heterocycles. The normalized spacial score (nSPS) is 21.0. The third kappa shape index (κ3) is 4.88. The lowest BCUT2D eigenvalue weighted by molar-refractivity contribution is 0.195. The van der Waals surface area contributed by atoms with E-state index in [1.807, 2.05) is 0 Å². The molecule has 0 N–H and O–H groups in total. The summed E-state index contributed by atoms with van der Waals surface area (Å²) < 4.78 is 2.79. The van der Waals surface area contributed by atoms with E-state index in [9.17, 15) is 0 Å². The van der Waals surface area contributed by atoms with Gasteiger partial charge >= 0.3 is 0 Å². The molecule has 12 rings (SSSR count). The van der Waals surface area contributed by atoms with Crippen LogP contribution in [0, 0.1) is 13.8 Å². The van der Waals surface area contributed by atoms with E-state index in [0.29, 0.717) is 0 Å². The van der Waals surface area contributed by atoms with Crippen LogP contribution in [-0.4, -0.2) is 16.8 Å². The molecule has 0 saturated heterocycles. The molecule has 7 aromatic rings. The first-order valence-electron chi connectivity index (χ1n) is 23.8. The monoisotopic (exact) mass is 824 g/mol. The molecule has 1 saturated carbocycles. The molecule has 3 nitrogen and oxygen atoms in total. The van der Waals surface area contributed by atoms with Crippen LogP contribution in [0.25, 0.3) is 27.7 Å². The van der Waals surface area contributed by atoms with Crippen LogP contribution in [0.3, 0.4) is 0 Å². The predicted molar refractivity (Wildman–Crippen MR) is 270 cm³/mol. The fraction of sp³-hybridized carbons (Fsp3) is 0.356. The van der Waals surface area contributed by atoms with Crippen LogP contribution in [0.2, 0.25) is 0 Å². The Morgan fingerprint density at radius 2 is 1.21 bits per heavy atom. The Morgan fingerprint density at radius 3 is 1.87 bits per heavy atom. The van der Waals surface area contributed by atoms with Gasteiger partial charge in [0.1, 0.15) is 0 Å². The summed E-state index contributed by atoms with van der Waals surface area (Å²) in [6.45, 7) is 29.3. The summed E-state index contributed by atoms with van der Waals surface area (Å²) in [4.78, 5) is 5.50. The Balaban J connectivity index is 1.30. The lowest BCUT2D eigenvalue weighted by Crippen LogP contribution is -2.64. The molecular formula is C59H62BN3. The molecule has 63 heavy (non-hydrogen) atoms. The molecule has 2 aliphatic carbocycles. The number of benzene rings is 6. The van der Waals surface area contributed by atoms with Gasteiger partial charge in [-0.05, 0) is 130 Å². The van der Waals surface area contributed by atoms with Crippen LogP contribution in [0.1, 0.15) is 134 Å². The minimum Gasteiger partial charge on any atom is -0.335 e. The van der Waals surface area contributed by atoms with Crippen molar-refractivity contribution in [3.05, 3.63) is 148 Å². The second-order valence-corrected chi connectivity index (χ2v) is 23.0. The summed E-state index contributed by atoms with van der Waals surface area (Å²) in [6.07, 6.45) is 4.89. The Hall–Kier alpha value is -5.48. The molecule has 316 valence electrons. The van der Waals surface area contributed by atoms with Crippen LogP contribution in [0.15, 0.2) is 109 Å². The number of aryl methyl sites for hydroxylation is 2. The van der Waals surface area contributed by atoms with Crippen LogP contribution in [-0.2, 0) is 21.7 Å². The van der Waals surface area contributed by atoms with E-state index in [-0.39, 0.29) is 33.9 Å². The van der Waals surface area contributed by atoms with Crippen molar-refractivity contribution in [2.24, 2.45) is 0 Å². The highest BCUT2D eigenvalue weighted by Crippen LogP contribution is 2.63. The molecule has 0 spiro atoms. The average molecular weight is 824 g/mol. The van der Waals surface area contributed by atoms with Gasteiger partial charge in [0.15, 0.2) is 0 Å². The highest BCUT2D eigenvalue weighted by molar-refractivity contribution is 7.00. The molecule has 6 aromatic carbocycles. The van der Waals surface area contributed by atoms with Gasteiger partial charge in [-0.3, -0.25) is 0 Å². The number of hydrogen-bond acceptors (Lipinski definition) is 2. The second-order valence-electron chi connectivity index (χ2n) is 23.0. The highest BCUT2D eigenvalue weighted by Gasteiger charge is 2.62. The Bertz CT molecular complexity index is 3100. The van der Waals surface area contributed by atoms with Gasteiger partial charge in [0, 0.05) is 61.4 Å². The topological polar surface area (TPSA) is 11.4 Å². The van der Waals surface area contributed by atoms with Gasteiger partial charge in [-0.1, -0.05) is 154 Å². The maximum atomic E-state index is 2.93. The van der Waals surface area contributed by atoms with Gasteiger partial charge in [0.2, 0.25) is 0 Å². The molecule has 0 amide bonds. The molecule has 3 aliphatic heterocycles. The molecule has 2 atom stereocenters. The van der Waals surface area contributed by atoms with Crippen molar-refractivity contribution < 1.29 is 0 Å². The second kappa shape index (κ2) is 12.4. The van der Waals surface area contributed by atoms with Gasteiger partial charge < -0.3 is 14.4 Å². The number of nitrogens with zero attached hydrogens (tertiary/aromatic N) is 3. The quantitative estimate of drug-likeness (QED) is 0.164. The summed E-state index contributed by atoms with van der Waals surface area (Å²) in [6, 6.07) is 43.0. The van der Waals surface area contributed by atoms with Crippen molar-refractivity contribution in [1.82, 2.24) is 4.57 Å². The molecule has 0 bridgehead atoms. The largest absolute Gasteiger partial charge is 0.335 e. The first kappa shape index (κ1) is 39.1. The number of hydrogen-bond donors (Lipinski definition) is 0. The predicted octanol–water partition coefficient (Wildman–Crippen LogP) is 13.5. The van der Waals surface area contributed by atoms with E-state index in [4.69, 9.17) is 0 Å². The van der Waals surface area contributed by atoms with E-state index in [1.165, 1.54) is 132 Å². The van der Waals surface area contributed by atoms with Crippen molar-refractivity contribution in [2.45, 2.75) is 136 Å². The maximum absolute atomic E-state index is 2.93. The zero-order chi connectivity index (χ0) is 43.9. The Kier molecular flexibility index (Phi) is 7.71. The molecule has 2 unspecified atom stereocenters. The molecule has 4 heteroatoms. The molecule has 4 heterocycles. The Labute approximate surface area is 376 Å². The van der Waals surface area contributed by atoms with Gasteiger partial charge in [-0.2, -0.15) is 0 Å². The molecule has 5 aliphatic rings. The molecular weight excluding hydrogens is 761 g/mol. The lowest BCUT2D eigenvalue weighted by atomic mass is 9.33. The number of aromatic nitrogens is 1. The minimum absolute atomic E-state index is 0.00129. The van der Waals surface area contributed by atoms with E-state index in [1.54, 1.807) is 5.56 Å². The zero-order valence-electron chi connectivity index (χ0n) is 39.6. The lowest BCUT2D eigenvalue weighted by Gasteiger charge is -2.52. The van der Waals surface area contributed by atoms with Crippen LogP contribution < -0.4 is 26.2 Å². The summed E-state index contributed by atoms with van der Waals surface area (Å²) in [5.41, 5.74) is 26.0. The third-order valence-electron chi connectivity index (χ3n) is 17.0. The van der Waals surface area contributed by atoms with E-state index in [2.05, 4.69) is 207 Å². The standard InChI is InChI=1S/C59H62BN3/c1-35-21-13-17-25-46(35)61(47-26-18-14-22-36(47)2)39-33-48-51-49(34-39)63-53-43(58(11)27-19-20-28-59(58,63)12)30-38(56(6,7)8)32-45(53)60(51)44-31-37(55(3,4)5)29-41-50-40-23-15-16-24-42(40)57(9,10)54(50)62(48)52(41)44/h13-18,21-26,29-34H,19-20,27-28H2,1-12H3. The summed E-state index contributed by atoms with van der Waals surface area (Å²) in [5.74, 6) is 0. The Morgan fingerprint density at radius 1 is 0.619 bits per heavy atom. The van der Waals surface area contributed by atoms with Gasteiger partial charge in [0.25, 0.3) is 6.71 Å². The SMILES string of the molecule is Cc1ccccc1N(c1cc2c3c(c1)-n1c4c(c5cc(C(C)(C)C)cc(c51)B3c1cc(C(C)(C)C)cc3c1N2C1(C)CCCCC31C)-c1ccccc1C4(C)C)c1ccccc1C. The maximum Gasteiger partial charge on any atom is 0.252 e. The van der Waals surface area contributed by atoms with Crippen LogP contribution in [0.5, 0.6) is 0 Å². The van der Waals surface area contributed by atoms with Crippen molar-refractivity contribution >= 4 is 62.4 Å². The van der Waals surface area contributed by atoms with Gasteiger partial charge in [-0.15, -0.1) is 0 Å². The van der Waals surface area contributed by atoms with Gasteiger partial charge in [-0.25, -0.2) is 0 Å². The fourth-order valence-corrected chi connectivity index (χ4v) is 13.4. The number of anilines is 5. The molecule has 1 fully saturated rings. The van der Waals surface area contributed by atoms with Crippen LogP contribution in [0.4, 0.5) is 28.4 Å². The number of para-hydroxylation sites is 2. The number of rotatable bonds is 3. The summed E-state index contributed by atoms with van der Waals surface area (Å²) in [7, 11) is 0. The van der Waals surface area contributed by atoms with Crippen molar-refractivity contribution in [1.29, 1.82) is 0 Å².